The number of piperidine rings is 1. The molecule has 0 aromatic carbocycles. The number of H-pyrrole nitrogens is 1. The molecule has 1 fully saturated rings. The van der Waals surface area contributed by atoms with E-state index in [0.29, 0.717) is 5.92 Å². The van der Waals surface area contributed by atoms with Crippen LogP contribution < -0.4 is 10.6 Å². The molecule has 0 saturated carbocycles. The minimum Gasteiger partial charge on any atom is -0.340 e. The van der Waals surface area contributed by atoms with Crippen molar-refractivity contribution in [3.05, 3.63) is 35.9 Å². The maximum atomic E-state index is 5.98. The fraction of sp³-hybridized carbons (Fsp3) is 0.533. The van der Waals surface area contributed by atoms with Gasteiger partial charge in [0.2, 0.25) is 5.95 Å². The molecule has 112 valence electrons. The smallest absolute Gasteiger partial charge is 0.244 e. The van der Waals surface area contributed by atoms with Gasteiger partial charge in [-0.05, 0) is 43.4 Å². The average Bonchev–Trinajstić information content (AvgIpc) is 2.97. The highest BCUT2D eigenvalue weighted by atomic mass is 15.4. The van der Waals surface area contributed by atoms with Crippen LogP contribution >= 0.6 is 0 Å². The highest BCUT2D eigenvalue weighted by molar-refractivity contribution is 5.30. The van der Waals surface area contributed by atoms with Gasteiger partial charge in [-0.15, -0.1) is 5.10 Å². The molecule has 6 heteroatoms. The summed E-state index contributed by atoms with van der Waals surface area (Å²) in [7, 11) is 0. The molecule has 1 atom stereocenters. The van der Waals surface area contributed by atoms with Crippen molar-refractivity contribution < 1.29 is 0 Å². The third-order valence-corrected chi connectivity index (χ3v) is 4.21. The van der Waals surface area contributed by atoms with Crippen LogP contribution in [0.2, 0.25) is 0 Å². The van der Waals surface area contributed by atoms with E-state index < -0.39 is 0 Å². The summed E-state index contributed by atoms with van der Waals surface area (Å²) < 4.78 is 0. The minimum atomic E-state index is 0.279. The molecule has 1 aliphatic heterocycles. The normalized spacial score (nSPS) is 17.9. The van der Waals surface area contributed by atoms with Gasteiger partial charge in [-0.25, -0.2) is 0 Å². The predicted octanol–water partition coefficient (Wildman–Crippen LogP) is 1.35. The quantitative estimate of drug-likeness (QED) is 0.886. The Hall–Kier alpha value is -1.95. The summed E-state index contributed by atoms with van der Waals surface area (Å²) in [5, 5.41) is 7.39. The zero-order valence-corrected chi connectivity index (χ0v) is 12.4. The number of nitrogens with two attached hydrogens (primary N) is 1. The summed E-state index contributed by atoms with van der Waals surface area (Å²) in [5.41, 5.74) is 7.16. The fourth-order valence-electron chi connectivity index (χ4n) is 2.82. The van der Waals surface area contributed by atoms with Gasteiger partial charge in [0.05, 0.1) is 0 Å². The lowest BCUT2D eigenvalue weighted by atomic mass is 9.91. The molecule has 6 nitrogen and oxygen atoms in total. The van der Waals surface area contributed by atoms with Crippen LogP contribution in [0.25, 0.3) is 0 Å². The van der Waals surface area contributed by atoms with Crippen molar-refractivity contribution >= 4 is 5.95 Å². The number of aromatic nitrogens is 4. The maximum absolute atomic E-state index is 5.98. The van der Waals surface area contributed by atoms with Crippen molar-refractivity contribution in [3.63, 3.8) is 0 Å². The van der Waals surface area contributed by atoms with E-state index in [9.17, 15) is 0 Å². The Balaban J connectivity index is 1.61. The van der Waals surface area contributed by atoms with E-state index in [1.807, 2.05) is 12.1 Å². The highest BCUT2D eigenvalue weighted by Crippen LogP contribution is 2.22. The SMILES string of the molecule is CC(N)C1CCN(c2n[nH]c(Cc3ccncc3)n2)CC1. The topological polar surface area (TPSA) is 83.7 Å². The molecule has 2 aromatic heterocycles. The van der Waals surface area contributed by atoms with Gasteiger partial charge in [-0.1, -0.05) is 0 Å². The van der Waals surface area contributed by atoms with Gasteiger partial charge in [-0.3, -0.25) is 10.1 Å². The summed E-state index contributed by atoms with van der Waals surface area (Å²) in [6.45, 7) is 4.07. The lowest BCUT2D eigenvalue weighted by molar-refractivity contribution is 0.352. The lowest BCUT2D eigenvalue weighted by Gasteiger charge is -2.32. The fourth-order valence-corrected chi connectivity index (χ4v) is 2.82. The largest absolute Gasteiger partial charge is 0.340 e. The number of nitrogens with one attached hydrogen (secondary N) is 1. The first kappa shape index (κ1) is 14.0. The number of pyridine rings is 1. The second-order valence-corrected chi connectivity index (χ2v) is 5.80. The number of anilines is 1. The van der Waals surface area contributed by atoms with E-state index >= 15 is 0 Å². The summed E-state index contributed by atoms with van der Waals surface area (Å²) in [5.74, 6) is 2.32. The Morgan fingerprint density at radius 2 is 2.05 bits per heavy atom. The number of aromatic amines is 1. The third kappa shape index (κ3) is 3.39. The van der Waals surface area contributed by atoms with Crippen molar-refractivity contribution in [2.45, 2.75) is 32.2 Å². The molecular formula is C15H22N6. The van der Waals surface area contributed by atoms with Crippen molar-refractivity contribution in [1.82, 2.24) is 20.2 Å². The molecule has 3 N–H and O–H groups in total. The first-order valence-corrected chi connectivity index (χ1v) is 7.53. The van der Waals surface area contributed by atoms with Crippen molar-refractivity contribution in [3.8, 4) is 0 Å². The highest BCUT2D eigenvalue weighted by Gasteiger charge is 2.23. The Morgan fingerprint density at radius 3 is 2.71 bits per heavy atom. The molecule has 1 unspecified atom stereocenters. The molecule has 21 heavy (non-hydrogen) atoms. The van der Waals surface area contributed by atoms with Gasteiger partial charge >= 0.3 is 0 Å². The second-order valence-electron chi connectivity index (χ2n) is 5.80. The molecule has 1 saturated heterocycles. The van der Waals surface area contributed by atoms with Gasteiger partial charge < -0.3 is 10.6 Å². The standard InChI is InChI=1S/C15H22N6/c1-11(16)13-4-8-21(9-5-13)15-18-14(19-20-15)10-12-2-6-17-7-3-12/h2-3,6-7,11,13H,4-5,8-10,16H2,1H3,(H,18,19,20). The summed E-state index contributed by atoms with van der Waals surface area (Å²) >= 11 is 0. The van der Waals surface area contributed by atoms with Crippen molar-refractivity contribution in [1.29, 1.82) is 0 Å². The van der Waals surface area contributed by atoms with Crippen LogP contribution in [-0.4, -0.2) is 39.3 Å². The number of nitrogens with zero attached hydrogens (tertiary/aromatic N) is 4. The lowest BCUT2D eigenvalue weighted by Crippen LogP contribution is -2.40. The zero-order chi connectivity index (χ0) is 14.7. The molecule has 0 spiro atoms. The third-order valence-electron chi connectivity index (χ3n) is 4.21. The van der Waals surface area contributed by atoms with Crippen LogP contribution in [0.1, 0.15) is 31.2 Å². The maximum Gasteiger partial charge on any atom is 0.244 e. The molecule has 3 heterocycles. The van der Waals surface area contributed by atoms with Crippen molar-refractivity contribution in [2.75, 3.05) is 18.0 Å². The van der Waals surface area contributed by atoms with E-state index in [1.165, 1.54) is 5.56 Å². The van der Waals surface area contributed by atoms with Gasteiger partial charge in [0.25, 0.3) is 0 Å². The minimum absolute atomic E-state index is 0.279. The first-order valence-electron chi connectivity index (χ1n) is 7.53. The second kappa shape index (κ2) is 6.22. The molecule has 1 aliphatic rings. The van der Waals surface area contributed by atoms with E-state index in [1.54, 1.807) is 12.4 Å². The molecule has 0 aliphatic carbocycles. The first-order chi connectivity index (χ1) is 10.2. The van der Waals surface area contributed by atoms with Crippen molar-refractivity contribution in [2.24, 2.45) is 11.7 Å². The van der Waals surface area contributed by atoms with Crippen LogP contribution in [0.5, 0.6) is 0 Å². The predicted molar refractivity (Wildman–Crippen MR) is 82.0 cm³/mol. The monoisotopic (exact) mass is 286 g/mol. The molecule has 0 radical (unpaired) electrons. The van der Waals surface area contributed by atoms with Crippen LogP contribution in [0.3, 0.4) is 0 Å². The number of rotatable bonds is 4. The van der Waals surface area contributed by atoms with Crippen LogP contribution in [0, 0.1) is 5.92 Å². The molecular weight excluding hydrogens is 264 g/mol. The molecule has 0 amide bonds. The molecule has 0 bridgehead atoms. The zero-order valence-electron chi connectivity index (χ0n) is 12.4. The van der Waals surface area contributed by atoms with Gasteiger partial charge in [0.15, 0.2) is 0 Å². The van der Waals surface area contributed by atoms with Gasteiger partial charge in [0.1, 0.15) is 5.82 Å². The molecule has 2 aromatic rings. The van der Waals surface area contributed by atoms with Gasteiger partial charge in [-0.2, -0.15) is 4.98 Å². The van der Waals surface area contributed by atoms with E-state index in [4.69, 9.17) is 5.73 Å². The Bertz CT molecular complexity index is 557. The Labute approximate surface area is 124 Å². The summed E-state index contributed by atoms with van der Waals surface area (Å²) in [4.78, 5) is 10.9. The van der Waals surface area contributed by atoms with Crippen LogP contribution in [0.4, 0.5) is 5.95 Å². The van der Waals surface area contributed by atoms with Gasteiger partial charge in [0, 0.05) is 37.9 Å². The summed E-state index contributed by atoms with van der Waals surface area (Å²) in [6.07, 6.45) is 6.58. The van der Waals surface area contributed by atoms with Crippen LogP contribution in [0.15, 0.2) is 24.5 Å². The average molecular weight is 286 g/mol. The summed E-state index contributed by atoms with van der Waals surface area (Å²) in [6, 6.07) is 4.27. The Kier molecular flexibility index (Phi) is 4.15. The number of hydrogen-bond acceptors (Lipinski definition) is 5. The van der Waals surface area contributed by atoms with E-state index in [0.717, 1.165) is 44.1 Å². The van der Waals surface area contributed by atoms with E-state index in [2.05, 4.69) is 32.0 Å². The molecule has 3 rings (SSSR count). The Morgan fingerprint density at radius 1 is 1.33 bits per heavy atom. The number of hydrogen-bond donors (Lipinski definition) is 2. The van der Waals surface area contributed by atoms with Crippen LogP contribution in [-0.2, 0) is 6.42 Å². The van der Waals surface area contributed by atoms with E-state index in [-0.39, 0.29) is 6.04 Å².